The smallest absolute Gasteiger partial charge is 0.132 e. The Bertz CT molecular complexity index is 912. The quantitative estimate of drug-likeness (QED) is 0.596. The number of hydrogen-bond donors (Lipinski definition) is 3. The highest BCUT2D eigenvalue weighted by Gasteiger charge is 2.08. The number of benzene rings is 1. The van der Waals surface area contributed by atoms with E-state index in [2.05, 4.69) is 20.7 Å². The van der Waals surface area contributed by atoms with Gasteiger partial charge in [-0.2, -0.15) is 5.10 Å². The molecule has 3 rings (SSSR count). The molecule has 0 radical (unpaired) electrons. The summed E-state index contributed by atoms with van der Waals surface area (Å²) in [6, 6.07) is 5.00. The lowest BCUT2D eigenvalue weighted by Gasteiger charge is -2.12. The van der Waals surface area contributed by atoms with Crippen LogP contribution in [0.25, 0.3) is 0 Å². The van der Waals surface area contributed by atoms with Crippen molar-refractivity contribution in [3.8, 4) is 0 Å². The van der Waals surface area contributed by atoms with Gasteiger partial charge in [0.15, 0.2) is 0 Å². The van der Waals surface area contributed by atoms with E-state index in [4.69, 9.17) is 5.41 Å². The van der Waals surface area contributed by atoms with Crippen molar-refractivity contribution < 1.29 is 10.2 Å². The first kappa shape index (κ1) is 16.6. The fourth-order valence-electron chi connectivity index (χ4n) is 2.31. The third-order valence-corrected chi connectivity index (χ3v) is 3.54. The van der Waals surface area contributed by atoms with Gasteiger partial charge < -0.3 is 16.0 Å². The van der Waals surface area contributed by atoms with E-state index in [1.807, 2.05) is 0 Å². The average molecular weight is 344 g/mol. The maximum atomic E-state index is 13.7. The molecule has 0 spiro atoms. The normalized spacial score (nSPS) is 10.5. The molecule has 6 nitrogen and oxygen atoms in total. The number of nitrogens with one attached hydrogen (secondary N) is 3. The van der Waals surface area contributed by atoms with Crippen LogP contribution in [0.15, 0.2) is 42.9 Å². The lowest BCUT2D eigenvalue weighted by molar-refractivity contribution is 0.587. The first-order valence-corrected chi connectivity index (χ1v) is 7.49. The number of hydrogen-bond acceptors (Lipinski definition) is 5. The van der Waals surface area contributed by atoms with Crippen LogP contribution in [-0.2, 0) is 13.6 Å². The van der Waals surface area contributed by atoms with Gasteiger partial charge in [-0.15, -0.1) is 0 Å². The standard InChI is InChI=1S/C17H16F2N6.H2/c1-25-10-14(9-23-25)24-17-5-16(12(6-20)8-22-17)21-7-11-4-13(18)2-3-15(11)19;/h2-6,8-10,20H,7H2,1H3,(H2,21,22,24);1H. The van der Waals surface area contributed by atoms with E-state index in [1.54, 1.807) is 30.2 Å². The molecule has 130 valence electrons. The van der Waals surface area contributed by atoms with Gasteiger partial charge in [-0.3, -0.25) is 4.68 Å². The Hall–Kier alpha value is -3.29. The highest BCUT2D eigenvalue weighted by Crippen LogP contribution is 2.21. The second kappa shape index (κ2) is 7.08. The monoisotopic (exact) mass is 344 g/mol. The molecule has 1 aromatic carbocycles. The minimum Gasteiger partial charge on any atom is -0.380 e. The third kappa shape index (κ3) is 3.97. The van der Waals surface area contributed by atoms with Crippen LogP contribution in [-0.4, -0.2) is 21.0 Å². The van der Waals surface area contributed by atoms with E-state index in [0.717, 1.165) is 30.1 Å². The molecule has 0 saturated heterocycles. The summed E-state index contributed by atoms with van der Waals surface area (Å²) in [4.78, 5) is 4.23. The number of anilines is 3. The van der Waals surface area contributed by atoms with E-state index in [1.165, 1.54) is 6.20 Å². The SMILES string of the molecule is Cn1cc(Nc2cc(NCc3cc(F)ccc3F)c(C=N)cn2)cn1.[HH]. The van der Waals surface area contributed by atoms with Gasteiger partial charge in [-0.1, -0.05) is 0 Å². The average Bonchev–Trinajstić information content (AvgIpc) is 3.00. The molecule has 0 aliphatic rings. The van der Waals surface area contributed by atoms with Gasteiger partial charge >= 0.3 is 0 Å². The Labute approximate surface area is 144 Å². The molecule has 8 heteroatoms. The maximum Gasteiger partial charge on any atom is 0.132 e. The minimum atomic E-state index is -0.501. The van der Waals surface area contributed by atoms with E-state index in [9.17, 15) is 8.78 Å². The van der Waals surface area contributed by atoms with Gasteiger partial charge in [-0.25, -0.2) is 13.8 Å². The Morgan fingerprint density at radius 1 is 1.28 bits per heavy atom. The van der Waals surface area contributed by atoms with Crippen molar-refractivity contribution >= 4 is 23.4 Å². The molecule has 0 amide bonds. The van der Waals surface area contributed by atoms with Crippen LogP contribution in [0.1, 0.15) is 12.6 Å². The lowest BCUT2D eigenvalue weighted by atomic mass is 10.2. The molecule has 0 bridgehead atoms. The van der Waals surface area contributed by atoms with Gasteiger partial charge in [0.25, 0.3) is 0 Å². The number of aromatic nitrogens is 3. The third-order valence-electron chi connectivity index (χ3n) is 3.54. The van der Waals surface area contributed by atoms with Crippen molar-refractivity contribution in [2.45, 2.75) is 6.54 Å². The number of rotatable bonds is 6. The maximum absolute atomic E-state index is 13.7. The Kier molecular flexibility index (Phi) is 4.69. The number of pyridine rings is 1. The van der Waals surface area contributed by atoms with Crippen LogP contribution in [0.2, 0.25) is 0 Å². The Morgan fingerprint density at radius 3 is 2.84 bits per heavy atom. The second-order valence-corrected chi connectivity index (χ2v) is 5.42. The zero-order valence-corrected chi connectivity index (χ0v) is 13.4. The van der Waals surface area contributed by atoms with Crippen LogP contribution in [0.4, 0.5) is 26.0 Å². The molecule has 0 fully saturated rings. The van der Waals surface area contributed by atoms with Gasteiger partial charge in [-0.05, 0) is 18.2 Å². The Balaban J connectivity index is 0.00000243. The molecule has 0 aliphatic carbocycles. The van der Waals surface area contributed by atoms with E-state index < -0.39 is 11.6 Å². The van der Waals surface area contributed by atoms with Crippen LogP contribution in [0.5, 0.6) is 0 Å². The van der Waals surface area contributed by atoms with E-state index in [-0.39, 0.29) is 13.5 Å². The predicted molar refractivity (Wildman–Crippen MR) is 94.4 cm³/mol. The second-order valence-electron chi connectivity index (χ2n) is 5.42. The molecule has 3 N–H and O–H groups in total. The fourth-order valence-corrected chi connectivity index (χ4v) is 2.31. The zero-order valence-electron chi connectivity index (χ0n) is 13.4. The van der Waals surface area contributed by atoms with Crippen LogP contribution < -0.4 is 10.6 Å². The van der Waals surface area contributed by atoms with Crippen molar-refractivity contribution in [3.05, 3.63) is 65.6 Å². The molecule has 25 heavy (non-hydrogen) atoms. The first-order valence-electron chi connectivity index (χ1n) is 7.49. The number of nitrogens with zero attached hydrogens (tertiary/aromatic N) is 3. The molecule has 0 unspecified atom stereocenters. The summed E-state index contributed by atoms with van der Waals surface area (Å²) in [5, 5.41) is 17.6. The van der Waals surface area contributed by atoms with Crippen LogP contribution in [0, 0.1) is 17.0 Å². The number of halogens is 2. The molecule has 0 atom stereocenters. The summed E-state index contributed by atoms with van der Waals surface area (Å²) < 4.78 is 28.7. The molecular formula is C17H18F2N6. The summed E-state index contributed by atoms with van der Waals surface area (Å²) in [6.07, 6.45) is 6.12. The molecule has 3 aromatic rings. The number of aryl methyl sites for hydroxylation is 1. The van der Waals surface area contributed by atoms with Gasteiger partial charge in [0.2, 0.25) is 0 Å². The van der Waals surface area contributed by atoms with Crippen molar-refractivity contribution in [3.63, 3.8) is 0 Å². The summed E-state index contributed by atoms with van der Waals surface area (Å²) in [7, 11) is 1.80. The molecule has 2 aromatic heterocycles. The highest BCUT2D eigenvalue weighted by atomic mass is 19.1. The van der Waals surface area contributed by atoms with Gasteiger partial charge in [0.1, 0.15) is 17.5 Å². The van der Waals surface area contributed by atoms with Crippen molar-refractivity contribution in [1.29, 1.82) is 5.41 Å². The predicted octanol–water partition coefficient (Wildman–Crippen LogP) is 3.69. The van der Waals surface area contributed by atoms with Crippen molar-refractivity contribution in [2.24, 2.45) is 7.05 Å². The van der Waals surface area contributed by atoms with Crippen molar-refractivity contribution in [2.75, 3.05) is 10.6 Å². The summed E-state index contributed by atoms with van der Waals surface area (Å²) in [5.74, 6) is -0.451. The minimum absolute atomic E-state index is 0. The molecule has 0 aliphatic heterocycles. The summed E-state index contributed by atoms with van der Waals surface area (Å²) >= 11 is 0. The van der Waals surface area contributed by atoms with E-state index in [0.29, 0.717) is 17.1 Å². The summed E-state index contributed by atoms with van der Waals surface area (Å²) in [5.41, 5.74) is 2.09. The molecule has 2 heterocycles. The highest BCUT2D eigenvalue weighted by molar-refractivity contribution is 5.86. The van der Waals surface area contributed by atoms with Gasteiger partial charge in [0.05, 0.1) is 11.9 Å². The van der Waals surface area contributed by atoms with Crippen LogP contribution in [0.3, 0.4) is 0 Å². The van der Waals surface area contributed by atoms with Gasteiger partial charge in [0, 0.05) is 56.5 Å². The molecule has 0 saturated carbocycles. The van der Waals surface area contributed by atoms with E-state index >= 15 is 0 Å². The largest absolute Gasteiger partial charge is 0.380 e. The summed E-state index contributed by atoms with van der Waals surface area (Å²) in [6.45, 7) is 0.0841. The van der Waals surface area contributed by atoms with Crippen molar-refractivity contribution in [1.82, 2.24) is 14.8 Å². The fraction of sp³-hybridized carbons (Fsp3) is 0.118. The molecular weight excluding hydrogens is 326 g/mol. The van der Waals surface area contributed by atoms with Crippen LogP contribution >= 0.6 is 0 Å². The Morgan fingerprint density at radius 2 is 2.12 bits per heavy atom. The zero-order chi connectivity index (χ0) is 17.8. The topological polar surface area (TPSA) is 78.6 Å². The lowest BCUT2D eigenvalue weighted by Crippen LogP contribution is -2.06. The first-order chi connectivity index (χ1) is 12.0.